The van der Waals surface area contributed by atoms with Gasteiger partial charge in [-0.1, -0.05) is 84.9 Å². The molecule has 0 saturated carbocycles. The average molecular weight is 296 g/mol. The van der Waals surface area contributed by atoms with Gasteiger partial charge in [0.2, 0.25) is 0 Å². The van der Waals surface area contributed by atoms with Crippen molar-refractivity contribution >= 4 is 6.08 Å². The molecular weight excluding hydrogens is 276 g/mol. The molecule has 3 aromatic carbocycles. The second-order valence-corrected chi connectivity index (χ2v) is 6.21. The first-order valence-corrected chi connectivity index (χ1v) is 8.28. The summed E-state index contributed by atoms with van der Waals surface area (Å²) in [5.41, 5.74) is 8.64. The smallest absolute Gasteiger partial charge is 0.00197 e. The highest BCUT2D eigenvalue weighted by Crippen LogP contribution is 2.29. The standard InChI is InChI=1S/C23H20/c1-3-8-18(9-4-1)16-20-14-15-21(23-13-7-12-22(20)23)17-19-10-5-2-6-11-19/h1-12,14-15H,13,16-17H2. The fraction of sp³-hybridized carbons (Fsp3) is 0.130. The molecule has 0 radical (unpaired) electrons. The van der Waals surface area contributed by atoms with Crippen molar-refractivity contribution in [2.45, 2.75) is 19.3 Å². The van der Waals surface area contributed by atoms with Crippen LogP contribution in [-0.2, 0) is 19.3 Å². The van der Waals surface area contributed by atoms with E-state index in [-0.39, 0.29) is 0 Å². The van der Waals surface area contributed by atoms with Gasteiger partial charge in [0, 0.05) is 0 Å². The molecule has 0 spiro atoms. The summed E-state index contributed by atoms with van der Waals surface area (Å²) in [4.78, 5) is 0. The van der Waals surface area contributed by atoms with Crippen LogP contribution in [0.1, 0.15) is 33.4 Å². The van der Waals surface area contributed by atoms with Crippen LogP contribution in [0, 0.1) is 0 Å². The van der Waals surface area contributed by atoms with E-state index < -0.39 is 0 Å². The normalized spacial score (nSPS) is 12.3. The molecule has 0 aliphatic heterocycles. The molecule has 0 nitrogen and oxygen atoms in total. The zero-order valence-corrected chi connectivity index (χ0v) is 13.2. The highest BCUT2D eigenvalue weighted by atomic mass is 14.2. The lowest BCUT2D eigenvalue weighted by Crippen LogP contribution is -2.00. The summed E-state index contributed by atoms with van der Waals surface area (Å²) in [6.07, 6.45) is 7.71. The fourth-order valence-corrected chi connectivity index (χ4v) is 3.45. The predicted molar refractivity (Wildman–Crippen MR) is 97.7 cm³/mol. The Balaban J connectivity index is 1.66. The quantitative estimate of drug-likeness (QED) is 0.601. The summed E-state index contributed by atoms with van der Waals surface area (Å²) < 4.78 is 0. The Labute approximate surface area is 138 Å². The number of fused-ring (bicyclic) bond motifs is 1. The number of hydrogen-bond acceptors (Lipinski definition) is 0. The minimum absolute atomic E-state index is 1.01. The van der Waals surface area contributed by atoms with Crippen LogP contribution in [0.4, 0.5) is 0 Å². The molecule has 1 aliphatic rings. The molecular formula is C23H20. The molecule has 0 saturated heterocycles. The van der Waals surface area contributed by atoms with E-state index in [1.165, 1.54) is 33.4 Å². The Hall–Kier alpha value is -2.60. The van der Waals surface area contributed by atoms with Gasteiger partial charge in [0.15, 0.2) is 0 Å². The number of hydrogen-bond donors (Lipinski definition) is 0. The van der Waals surface area contributed by atoms with Crippen LogP contribution in [0.3, 0.4) is 0 Å². The maximum Gasteiger partial charge on any atom is -0.00197 e. The Morgan fingerprint density at radius 1 is 0.609 bits per heavy atom. The SMILES string of the molecule is C1=Cc2c(Cc3ccccc3)ccc(Cc3ccccc3)c2C1. The molecule has 0 N–H and O–H groups in total. The zero-order valence-electron chi connectivity index (χ0n) is 13.2. The van der Waals surface area contributed by atoms with Crippen molar-refractivity contribution in [2.24, 2.45) is 0 Å². The lowest BCUT2D eigenvalue weighted by Gasteiger charge is -2.13. The molecule has 0 amide bonds. The van der Waals surface area contributed by atoms with E-state index in [9.17, 15) is 0 Å². The molecule has 0 bridgehead atoms. The lowest BCUT2D eigenvalue weighted by molar-refractivity contribution is 1.09. The average Bonchev–Trinajstić information content (AvgIpc) is 3.09. The molecule has 0 heterocycles. The number of allylic oxidation sites excluding steroid dienone is 1. The van der Waals surface area contributed by atoms with E-state index in [4.69, 9.17) is 0 Å². The second-order valence-electron chi connectivity index (χ2n) is 6.21. The Morgan fingerprint density at radius 2 is 1.17 bits per heavy atom. The van der Waals surface area contributed by atoms with Gasteiger partial charge in [-0.15, -0.1) is 0 Å². The number of rotatable bonds is 4. The minimum Gasteiger partial charge on any atom is -0.0795 e. The van der Waals surface area contributed by atoms with Crippen molar-refractivity contribution < 1.29 is 0 Å². The van der Waals surface area contributed by atoms with Crippen LogP contribution in [0.5, 0.6) is 0 Å². The van der Waals surface area contributed by atoms with E-state index in [0.29, 0.717) is 0 Å². The molecule has 0 fully saturated rings. The van der Waals surface area contributed by atoms with Crippen molar-refractivity contribution in [1.29, 1.82) is 0 Å². The van der Waals surface area contributed by atoms with Crippen molar-refractivity contribution in [2.75, 3.05) is 0 Å². The second kappa shape index (κ2) is 6.26. The molecule has 0 unspecified atom stereocenters. The van der Waals surface area contributed by atoms with Gasteiger partial charge in [0.25, 0.3) is 0 Å². The van der Waals surface area contributed by atoms with Gasteiger partial charge in [-0.25, -0.2) is 0 Å². The molecule has 3 aromatic rings. The zero-order chi connectivity index (χ0) is 15.5. The topological polar surface area (TPSA) is 0 Å². The van der Waals surface area contributed by atoms with Gasteiger partial charge in [0.1, 0.15) is 0 Å². The Kier molecular flexibility index (Phi) is 3.81. The summed E-state index contributed by atoms with van der Waals surface area (Å²) in [6.45, 7) is 0. The summed E-state index contributed by atoms with van der Waals surface area (Å²) in [7, 11) is 0. The Morgan fingerprint density at radius 3 is 1.83 bits per heavy atom. The van der Waals surface area contributed by atoms with Gasteiger partial charge >= 0.3 is 0 Å². The molecule has 0 atom stereocenters. The van der Waals surface area contributed by atoms with Crippen molar-refractivity contribution in [1.82, 2.24) is 0 Å². The maximum atomic E-state index is 2.33. The third-order valence-electron chi connectivity index (χ3n) is 4.63. The number of benzene rings is 3. The third-order valence-corrected chi connectivity index (χ3v) is 4.63. The molecule has 1 aliphatic carbocycles. The molecule has 0 aromatic heterocycles. The van der Waals surface area contributed by atoms with Crippen molar-refractivity contribution in [3.8, 4) is 0 Å². The monoisotopic (exact) mass is 296 g/mol. The maximum absolute atomic E-state index is 2.33. The van der Waals surface area contributed by atoms with E-state index in [0.717, 1.165) is 19.3 Å². The summed E-state index contributed by atoms with van der Waals surface area (Å²) in [5.74, 6) is 0. The van der Waals surface area contributed by atoms with Crippen molar-refractivity contribution in [3.63, 3.8) is 0 Å². The molecule has 112 valence electrons. The first-order chi connectivity index (χ1) is 11.4. The first kappa shape index (κ1) is 14.0. The first-order valence-electron chi connectivity index (χ1n) is 8.28. The van der Waals surface area contributed by atoms with E-state index in [2.05, 4.69) is 84.9 Å². The fourth-order valence-electron chi connectivity index (χ4n) is 3.45. The van der Waals surface area contributed by atoms with E-state index in [1.54, 1.807) is 0 Å². The largest absolute Gasteiger partial charge is 0.0795 e. The highest BCUT2D eigenvalue weighted by molar-refractivity contribution is 5.66. The van der Waals surface area contributed by atoms with Crippen LogP contribution in [0.15, 0.2) is 78.9 Å². The van der Waals surface area contributed by atoms with Gasteiger partial charge in [0.05, 0.1) is 0 Å². The van der Waals surface area contributed by atoms with E-state index in [1.807, 2.05) is 0 Å². The van der Waals surface area contributed by atoms with Crippen molar-refractivity contribution in [3.05, 3.63) is 112 Å². The third kappa shape index (κ3) is 2.98. The van der Waals surface area contributed by atoms with Gasteiger partial charge in [-0.05, 0) is 52.6 Å². The van der Waals surface area contributed by atoms with Gasteiger partial charge < -0.3 is 0 Å². The lowest BCUT2D eigenvalue weighted by atomic mass is 9.91. The van der Waals surface area contributed by atoms with Gasteiger partial charge in [-0.2, -0.15) is 0 Å². The minimum atomic E-state index is 1.01. The van der Waals surface area contributed by atoms with Gasteiger partial charge in [-0.3, -0.25) is 0 Å². The highest BCUT2D eigenvalue weighted by Gasteiger charge is 2.15. The summed E-state index contributed by atoms with van der Waals surface area (Å²) >= 11 is 0. The van der Waals surface area contributed by atoms with Crippen LogP contribution in [-0.4, -0.2) is 0 Å². The van der Waals surface area contributed by atoms with Crippen LogP contribution < -0.4 is 0 Å². The van der Waals surface area contributed by atoms with Crippen LogP contribution >= 0.6 is 0 Å². The molecule has 4 rings (SSSR count). The Bertz CT molecular complexity index is 827. The van der Waals surface area contributed by atoms with Crippen LogP contribution in [0.2, 0.25) is 0 Å². The van der Waals surface area contributed by atoms with Crippen LogP contribution in [0.25, 0.3) is 6.08 Å². The molecule has 0 heteroatoms. The van der Waals surface area contributed by atoms with E-state index >= 15 is 0 Å². The molecule has 23 heavy (non-hydrogen) atoms. The summed E-state index contributed by atoms with van der Waals surface area (Å²) in [5, 5.41) is 0. The summed E-state index contributed by atoms with van der Waals surface area (Å²) in [6, 6.07) is 26.1. The predicted octanol–water partition coefficient (Wildman–Crippen LogP) is 5.44.